The Balaban J connectivity index is 1.99. The van der Waals surface area contributed by atoms with E-state index in [9.17, 15) is 19.5 Å². The summed E-state index contributed by atoms with van der Waals surface area (Å²) < 4.78 is 0. The molecule has 0 bridgehead atoms. The van der Waals surface area contributed by atoms with Crippen LogP contribution in [0, 0.1) is 46.8 Å². The van der Waals surface area contributed by atoms with Gasteiger partial charge in [0.2, 0.25) is 5.91 Å². The maximum absolute atomic E-state index is 14.0. The molecule has 1 N–H and O–H groups in total. The summed E-state index contributed by atoms with van der Waals surface area (Å²) in [6, 6.07) is 0. The topological polar surface area (TPSA) is 74.7 Å². The summed E-state index contributed by atoms with van der Waals surface area (Å²) in [6.07, 6.45) is 7.71. The highest BCUT2D eigenvalue weighted by Crippen LogP contribution is 2.40. The average Bonchev–Trinajstić information content (AvgIpc) is 3.21. The third kappa shape index (κ3) is 6.87. The van der Waals surface area contributed by atoms with Crippen LogP contribution < -0.4 is 0 Å². The highest BCUT2D eigenvalue weighted by atomic mass is 16.4. The van der Waals surface area contributed by atoms with Gasteiger partial charge in [0.15, 0.2) is 0 Å². The maximum Gasteiger partial charge on any atom is 0.332 e. The Bertz CT molecular complexity index is 963. The van der Waals surface area contributed by atoms with Crippen molar-refractivity contribution in [3.8, 4) is 11.8 Å². The van der Waals surface area contributed by atoms with Crippen molar-refractivity contribution in [3.63, 3.8) is 0 Å². The van der Waals surface area contributed by atoms with Crippen molar-refractivity contribution in [1.82, 2.24) is 4.90 Å². The van der Waals surface area contributed by atoms with Crippen LogP contribution in [0.4, 0.5) is 0 Å². The lowest BCUT2D eigenvalue weighted by Crippen LogP contribution is -2.46. The van der Waals surface area contributed by atoms with Crippen molar-refractivity contribution in [2.45, 2.75) is 86.5 Å². The van der Waals surface area contributed by atoms with Gasteiger partial charge in [0.25, 0.3) is 0 Å². The van der Waals surface area contributed by atoms with Crippen LogP contribution in [0.15, 0.2) is 22.8 Å². The number of nitrogens with zero attached hydrogens (tertiary/aromatic N) is 1. The van der Waals surface area contributed by atoms with E-state index in [4.69, 9.17) is 0 Å². The average molecular weight is 482 g/mol. The summed E-state index contributed by atoms with van der Waals surface area (Å²) in [7, 11) is 0. The van der Waals surface area contributed by atoms with Crippen molar-refractivity contribution >= 4 is 17.7 Å². The summed E-state index contributed by atoms with van der Waals surface area (Å²) >= 11 is 0. The predicted octanol–water partition coefficient (Wildman–Crippen LogP) is 5.65. The second kappa shape index (κ2) is 11.1. The lowest BCUT2D eigenvalue weighted by Gasteiger charge is -2.36. The molecule has 5 heteroatoms. The van der Waals surface area contributed by atoms with Crippen molar-refractivity contribution in [2.24, 2.45) is 35.0 Å². The number of carbonyl (C=O) groups excluding carboxylic acids is 2. The molecule has 0 radical (unpaired) electrons. The Labute approximate surface area is 211 Å². The van der Waals surface area contributed by atoms with E-state index < -0.39 is 17.8 Å². The first-order valence-corrected chi connectivity index (χ1v) is 13.4. The maximum atomic E-state index is 14.0. The molecule has 3 atom stereocenters. The highest BCUT2D eigenvalue weighted by molar-refractivity contribution is 5.97. The second-order valence-electron chi connectivity index (χ2n) is 12.2. The zero-order chi connectivity index (χ0) is 25.9. The Kier molecular flexibility index (Phi) is 8.67. The van der Waals surface area contributed by atoms with Crippen LogP contribution in [0.2, 0.25) is 0 Å². The lowest BCUT2D eigenvalue weighted by molar-refractivity contribution is -0.142. The van der Waals surface area contributed by atoms with Crippen LogP contribution in [0.25, 0.3) is 0 Å². The third-order valence-corrected chi connectivity index (χ3v) is 7.82. The van der Waals surface area contributed by atoms with E-state index >= 15 is 0 Å². The van der Waals surface area contributed by atoms with Crippen molar-refractivity contribution < 1.29 is 19.5 Å². The molecule has 3 rings (SSSR count). The van der Waals surface area contributed by atoms with E-state index in [1.165, 1.54) is 0 Å². The van der Waals surface area contributed by atoms with Gasteiger partial charge in [-0.15, -0.1) is 0 Å². The highest BCUT2D eigenvalue weighted by Gasteiger charge is 2.42. The molecule has 1 heterocycles. The van der Waals surface area contributed by atoms with Gasteiger partial charge >= 0.3 is 5.97 Å². The molecule has 1 saturated heterocycles. The van der Waals surface area contributed by atoms with E-state index in [-0.39, 0.29) is 35.0 Å². The standard InChI is InChI=1S/C30H43NO4/c1-19-9-11-23(12-10-19)27(32)26(21(3)28(33)31-15-7-8-20(2)18-31)24-16-22(13-14-30(4,5)6)17-25(24)29(34)35/h16,19-21,23,26H,7-12,15,17-18H2,1-6H3,(H,34,35)/t19?,20?,21-,23?,26?/m1/s1. The van der Waals surface area contributed by atoms with Crippen LogP contribution in [0.5, 0.6) is 0 Å². The molecule has 192 valence electrons. The van der Waals surface area contributed by atoms with E-state index in [1.807, 2.05) is 32.6 Å². The molecule has 1 amide bonds. The number of ketones is 1. The summed E-state index contributed by atoms with van der Waals surface area (Å²) in [4.78, 5) is 41.9. The number of Topliss-reactive ketones (excluding diaryl/α,β-unsaturated/α-hetero) is 1. The van der Waals surface area contributed by atoms with Crippen molar-refractivity contribution in [1.29, 1.82) is 0 Å². The number of rotatable bonds is 6. The molecular weight excluding hydrogens is 438 g/mol. The minimum atomic E-state index is -1.02. The van der Waals surface area contributed by atoms with E-state index in [0.717, 1.165) is 38.5 Å². The number of likely N-dealkylation sites (tertiary alicyclic amines) is 1. The summed E-state index contributed by atoms with van der Waals surface area (Å²) in [5, 5.41) is 10.1. The van der Waals surface area contributed by atoms with Gasteiger partial charge in [-0.2, -0.15) is 0 Å². The molecule has 0 spiro atoms. The van der Waals surface area contributed by atoms with Crippen molar-refractivity contribution in [3.05, 3.63) is 22.8 Å². The van der Waals surface area contributed by atoms with Gasteiger partial charge in [0.1, 0.15) is 5.78 Å². The number of aliphatic carboxylic acids is 1. The number of allylic oxidation sites excluding steroid dienone is 3. The number of hydrogen-bond donors (Lipinski definition) is 1. The van der Waals surface area contributed by atoms with E-state index in [2.05, 4.69) is 25.7 Å². The van der Waals surface area contributed by atoms with Gasteiger partial charge in [-0.1, -0.05) is 45.5 Å². The smallest absolute Gasteiger partial charge is 0.332 e. The van der Waals surface area contributed by atoms with Crippen LogP contribution in [0.1, 0.15) is 86.5 Å². The van der Waals surface area contributed by atoms with Crippen LogP contribution in [-0.2, 0) is 14.4 Å². The third-order valence-electron chi connectivity index (χ3n) is 7.82. The molecule has 2 aliphatic carbocycles. The number of carboxylic acid groups (broad SMARTS) is 1. The number of carbonyl (C=O) groups is 3. The number of carboxylic acids is 1. The summed E-state index contributed by atoms with van der Waals surface area (Å²) in [5.74, 6) is 4.92. The molecule has 35 heavy (non-hydrogen) atoms. The molecule has 0 aromatic carbocycles. The molecule has 0 aromatic heterocycles. The van der Waals surface area contributed by atoms with Crippen LogP contribution >= 0.6 is 0 Å². The molecule has 5 nitrogen and oxygen atoms in total. The summed E-state index contributed by atoms with van der Waals surface area (Å²) in [6.45, 7) is 13.6. The first-order chi connectivity index (χ1) is 16.4. The number of piperidine rings is 1. The SMILES string of the molecule is CC1CCC(C(=O)C(C2=C(C(=O)O)CC(C#CC(C)(C)C)=C2)[C@@H](C)C(=O)N2CCCC(C)C2)CC1. The Morgan fingerprint density at radius 2 is 1.71 bits per heavy atom. The number of amides is 1. The van der Waals surface area contributed by atoms with Crippen LogP contribution in [0.3, 0.4) is 0 Å². The molecule has 0 aromatic rings. The molecule has 2 unspecified atom stereocenters. The molecule has 2 fully saturated rings. The fourth-order valence-electron chi connectivity index (χ4n) is 5.73. The minimum Gasteiger partial charge on any atom is -0.478 e. The molecule has 1 saturated carbocycles. The predicted molar refractivity (Wildman–Crippen MR) is 138 cm³/mol. The van der Waals surface area contributed by atoms with Crippen molar-refractivity contribution in [2.75, 3.05) is 13.1 Å². The van der Waals surface area contributed by atoms with Gasteiger partial charge in [-0.05, 0) is 69.9 Å². The van der Waals surface area contributed by atoms with E-state index in [1.54, 1.807) is 6.08 Å². The lowest BCUT2D eigenvalue weighted by atomic mass is 9.72. The molecule has 3 aliphatic rings. The van der Waals surface area contributed by atoms with Gasteiger partial charge in [-0.25, -0.2) is 4.79 Å². The van der Waals surface area contributed by atoms with E-state index in [0.29, 0.717) is 36.1 Å². The van der Waals surface area contributed by atoms with Gasteiger partial charge in [0, 0.05) is 47.9 Å². The fourth-order valence-corrected chi connectivity index (χ4v) is 5.73. The minimum absolute atomic E-state index is 0.0288. The largest absolute Gasteiger partial charge is 0.478 e. The summed E-state index contributed by atoms with van der Waals surface area (Å²) in [5.41, 5.74) is 1.23. The Morgan fingerprint density at radius 1 is 1.06 bits per heavy atom. The zero-order valence-corrected chi connectivity index (χ0v) is 22.4. The normalized spacial score (nSPS) is 27.0. The Hall–Kier alpha value is -2.35. The van der Waals surface area contributed by atoms with Gasteiger partial charge < -0.3 is 10.0 Å². The number of hydrogen-bond acceptors (Lipinski definition) is 3. The fraction of sp³-hybridized carbons (Fsp3) is 0.700. The second-order valence-corrected chi connectivity index (χ2v) is 12.2. The Morgan fingerprint density at radius 3 is 2.29 bits per heavy atom. The zero-order valence-electron chi connectivity index (χ0n) is 22.4. The van der Waals surface area contributed by atoms with Gasteiger partial charge in [0.05, 0.1) is 5.92 Å². The van der Waals surface area contributed by atoms with Gasteiger partial charge in [-0.3, -0.25) is 9.59 Å². The first kappa shape index (κ1) is 27.2. The monoisotopic (exact) mass is 481 g/mol. The molecule has 1 aliphatic heterocycles. The molecular formula is C30H43NO4. The first-order valence-electron chi connectivity index (χ1n) is 13.4. The van der Waals surface area contributed by atoms with Crippen LogP contribution in [-0.4, -0.2) is 40.8 Å². The quantitative estimate of drug-likeness (QED) is 0.497.